The number of piperidine rings is 1. The molecule has 2 heterocycles. The van der Waals surface area contributed by atoms with Crippen molar-refractivity contribution in [2.24, 2.45) is 11.1 Å². The number of nitrogens with zero attached hydrogens (tertiary/aromatic N) is 3. The van der Waals surface area contributed by atoms with E-state index in [4.69, 9.17) is 5.73 Å². The molecule has 0 amide bonds. The van der Waals surface area contributed by atoms with Crippen LogP contribution < -0.4 is 10.6 Å². The molecule has 1 aliphatic heterocycles. The third-order valence-corrected chi connectivity index (χ3v) is 4.13. The standard InChI is InChI=1S/C13H25N5/c1-4-10(2)11-15-12(17-16-11)18-7-5-6-13(3,8-14)9-18/h10H,4-9,14H2,1-3H3,(H,15,16,17). The normalized spacial score (nSPS) is 26.3. The highest BCUT2D eigenvalue weighted by atomic mass is 15.4. The molecule has 18 heavy (non-hydrogen) atoms. The van der Waals surface area contributed by atoms with Gasteiger partial charge in [0.05, 0.1) is 0 Å². The Kier molecular flexibility index (Phi) is 3.90. The summed E-state index contributed by atoms with van der Waals surface area (Å²) in [7, 11) is 0. The predicted octanol–water partition coefficient (Wildman–Crippen LogP) is 1.88. The molecule has 3 N–H and O–H groups in total. The van der Waals surface area contributed by atoms with E-state index in [1.165, 1.54) is 12.8 Å². The molecule has 102 valence electrons. The molecule has 0 aliphatic carbocycles. The lowest BCUT2D eigenvalue weighted by molar-refractivity contribution is 0.270. The Balaban J connectivity index is 2.09. The van der Waals surface area contributed by atoms with Crippen molar-refractivity contribution in [1.82, 2.24) is 15.2 Å². The molecule has 2 atom stereocenters. The van der Waals surface area contributed by atoms with Crippen LogP contribution in [0.4, 0.5) is 5.95 Å². The molecular weight excluding hydrogens is 226 g/mol. The van der Waals surface area contributed by atoms with E-state index in [9.17, 15) is 0 Å². The van der Waals surface area contributed by atoms with Crippen molar-refractivity contribution in [1.29, 1.82) is 0 Å². The van der Waals surface area contributed by atoms with Gasteiger partial charge in [-0.1, -0.05) is 20.8 Å². The minimum atomic E-state index is 0.204. The summed E-state index contributed by atoms with van der Waals surface area (Å²) in [6.07, 6.45) is 3.44. The minimum Gasteiger partial charge on any atom is -0.339 e. The van der Waals surface area contributed by atoms with Crippen molar-refractivity contribution < 1.29 is 0 Å². The van der Waals surface area contributed by atoms with Gasteiger partial charge >= 0.3 is 0 Å². The molecule has 2 unspecified atom stereocenters. The Bertz CT molecular complexity index is 388. The zero-order valence-corrected chi connectivity index (χ0v) is 11.7. The molecule has 1 aliphatic rings. The maximum atomic E-state index is 5.88. The van der Waals surface area contributed by atoms with Gasteiger partial charge < -0.3 is 10.6 Å². The number of hydrogen-bond acceptors (Lipinski definition) is 4. The lowest BCUT2D eigenvalue weighted by Crippen LogP contribution is -2.46. The number of rotatable bonds is 4. The Labute approximate surface area is 109 Å². The first-order chi connectivity index (χ1) is 8.58. The van der Waals surface area contributed by atoms with Crippen LogP contribution in [0.3, 0.4) is 0 Å². The van der Waals surface area contributed by atoms with Crippen LogP contribution in [-0.2, 0) is 0 Å². The molecule has 1 saturated heterocycles. The van der Waals surface area contributed by atoms with Crippen molar-refractivity contribution in [2.45, 2.75) is 46.0 Å². The van der Waals surface area contributed by atoms with Gasteiger partial charge in [0.25, 0.3) is 0 Å². The summed E-state index contributed by atoms with van der Waals surface area (Å²) < 4.78 is 0. The number of nitrogens with one attached hydrogen (secondary N) is 1. The number of nitrogens with two attached hydrogens (primary N) is 1. The van der Waals surface area contributed by atoms with Crippen molar-refractivity contribution in [2.75, 3.05) is 24.5 Å². The molecule has 0 aromatic carbocycles. The second-order valence-electron chi connectivity index (χ2n) is 5.87. The molecule has 5 nitrogen and oxygen atoms in total. The molecule has 0 bridgehead atoms. The topological polar surface area (TPSA) is 70.8 Å². The third kappa shape index (κ3) is 2.66. The first-order valence-corrected chi connectivity index (χ1v) is 6.95. The Morgan fingerprint density at radius 3 is 3.00 bits per heavy atom. The van der Waals surface area contributed by atoms with Gasteiger partial charge in [-0.2, -0.15) is 4.98 Å². The number of aromatic nitrogens is 3. The number of hydrogen-bond donors (Lipinski definition) is 2. The average molecular weight is 251 g/mol. The molecule has 1 fully saturated rings. The van der Waals surface area contributed by atoms with Gasteiger partial charge in [-0.3, -0.25) is 5.10 Å². The van der Waals surface area contributed by atoms with Crippen LogP contribution in [0, 0.1) is 5.41 Å². The fourth-order valence-electron chi connectivity index (χ4n) is 2.47. The minimum absolute atomic E-state index is 0.204. The Hall–Kier alpha value is -1.10. The third-order valence-electron chi connectivity index (χ3n) is 4.13. The summed E-state index contributed by atoms with van der Waals surface area (Å²) in [5.41, 5.74) is 6.08. The molecule has 1 aromatic heterocycles. The van der Waals surface area contributed by atoms with Crippen LogP contribution in [0.15, 0.2) is 0 Å². The van der Waals surface area contributed by atoms with Crippen molar-refractivity contribution in [3.63, 3.8) is 0 Å². The summed E-state index contributed by atoms with van der Waals surface area (Å²) in [6, 6.07) is 0. The zero-order chi connectivity index (χ0) is 13.2. The van der Waals surface area contributed by atoms with Gasteiger partial charge in [-0.15, -0.1) is 5.10 Å². The molecule has 1 aromatic rings. The first kappa shape index (κ1) is 13.3. The molecular formula is C13H25N5. The monoisotopic (exact) mass is 251 g/mol. The summed E-state index contributed by atoms with van der Waals surface area (Å²) >= 11 is 0. The molecule has 0 spiro atoms. The molecule has 5 heteroatoms. The number of H-pyrrole nitrogens is 1. The van der Waals surface area contributed by atoms with Crippen molar-refractivity contribution >= 4 is 5.95 Å². The highest BCUT2D eigenvalue weighted by molar-refractivity contribution is 5.30. The summed E-state index contributed by atoms with van der Waals surface area (Å²) in [6.45, 7) is 9.31. The van der Waals surface area contributed by atoms with E-state index in [0.29, 0.717) is 5.92 Å². The summed E-state index contributed by atoms with van der Waals surface area (Å²) in [5.74, 6) is 2.27. The number of aromatic amines is 1. The van der Waals surface area contributed by atoms with Gasteiger partial charge in [-0.25, -0.2) is 0 Å². The highest BCUT2D eigenvalue weighted by Crippen LogP contribution is 2.30. The highest BCUT2D eigenvalue weighted by Gasteiger charge is 2.31. The quantitative estimate of drug-likeness (QED) is 0.857. The van der Waals surface area contributed by atoms with Crippen LogP contribution in [0.1, 0.15) is 51.8 Å². The molecule has 0 saturated carbocycles. The lowest BCUT2D eigenvalue weighted by Gasteiger charge is -2.39. The SMILES string of the molecule is CCC(C)c1nc(N2CCCC(C)(CN)C2)n[nH]1. The fourth-order valence-corrected chi connectivity index (χ4v) is 2.47. The largest absolute Gasteiger partial charge is 0.339 e. The van der Waals surface area contributed by atoms with Gasteiger partial charge in [-0.05, 0) is 31.2 Å². The smallest absolute Gasteiger partial charge is 0.244 e. The van der Waals surface area contributed by atoms with Crippen LogP contribution in [0.2, 0.25) is 0 Å². The Morgan fingerprint density at radius 2 is 2.33 bits per heavy atom. The predicted molar refractivity (Wildman–Crippen MR) is 73.7 cm³/mol. The summed E-state index contributed by atoms with van der Waals surface area (Å²) in [5, 5.41) is 7.42. The van der Waals surface area contributed by atoms with E-state index in [2.05, 4.69) is 40.9 Å². The Morgan fingerprint density at radius 1 is 1.56 bits per heavy atom. The first-order valence-electron chi connectivity index (χ1n) is 6.95. The van der Waals surface area contributed by atoms with E-state index in [-0.39, 0.29) is 5.41 Å². The fraction of sp³-hybridized carbons (Fsp3) is 0.846. The molecule has 2 rings (SSSR count). The van der Waals surface area contributed by atoms with Crippen molar-refractivity contribution in [3.8, 4) is 0 Å². The zero-order valence-electron chi connectivity index (χ0n) is 11.7. The maximum absolute atomic E-state index is 5.88. The van der Waals surface area contributed by atoms with Gasteiger partial charge in [0.15, 0.2) is 0 Å². The molecule has 0 radical (unpaired) electrons. The van der Waals surface area contributed by atoms with Crippen LogP contribution in [0.5, 0.6) is 0 Å². The van der Waals surface area contributed by atoms with Gasteiger partial charge in [0.2, 0.25) is 5.95 Å². The van der Waals surface area contributed by atoms with Gasteiger partial charge in [0, 0.05) is 19.0 Å². The van der Waals surface area contributed by atoms with Crippen LogP contribution in [0.25, 0.3) is 0 Å². The van der Waals surface area contributed by atoms with E-state index < -0.39 is 0 Å². The van der Waals surface area contributed by atoms with Crippen LogP contribution >= 0.6 is 0 Å². The van der Waals surface area contributed by atoms with E-state index in [1.54, 1.807) is 0 Å². The van der Waals surface area contributed by atoms with E-state index >= 15 is 0 Å². The maximum Gasteiger partial charge on any atom is 0.244 e. The van der Waals surface area contributed by atoms with Crippen molar-refractivity contribution in [3.05, 3.63) is 5.82 Å². The number of anilines is 1. The van der Waals surface area contributed by atoms with Crippen LogP contribution in [-0.4, -0.2) is 34.8 Å². The second-order valence-corrected chi connectivity index (χ2v) is 5.87. The summed E-state index contributed by atoms with van der Waals surface area (Å²) in [4.78, 5) is 6.89. The average Bonchev–Trinajstić information content (AvgIpc) is 2.87. The second kappa shape index (κ2) is 5.26. The van der Waals surface area contributed by atoms with E-state index in [0.717, 1.165) is 37.8 Å². The van der Waals surface area contributed by atoms with Gasteiger partial charge in [0.1, 0.15) is 5.82 Å². The van der Waals surface area contributed by atoms with E-state index in [1.807, 2.05) is 0 Å². The lowest BCUT2D eigenvalue weighted by atomic mass is 9.82.